The zero-order valence-corrected chi connectivity index (χ0v) is 14.2. The zero-order valence-electron chi connectivity index (χ0n) is 10.9. The summed E-state index contributed by atoms with van der Waals surface area (Å²) >= 11 is 7.02. The molecule has 0 atom stereocenters. The second-order valence-corrected chi connectivity index (χ2v) is 12.0. The lowest BCUT2D eigenvalue weighted by Gasteiger charge is -2.35. The van der Waals surface area contributed by atoms with Crippen LogP contribution in [-0.4, -0.2) is 28.5 Å². The number of hydrogen-bond acceptors (Lipinski definition) is 1. The summed E-state index contributed by atoms with van der Waals surface area (Å²) in [6.07, 6.45) is -0.741. The van der Waals surface area contributed by atoms with E-state index in [-0.39, 0.29) is 12.8 Å². The highest BCUT2D eigenvalue weighted by molar-refractivity contribution is 8.01. The first-order valence-corrected chi connectivity index (χ1v) is 10.6. The van der Waals surface area contributed by atoms with Crippen LogP contribution in [-0.2, 0) is 0 Å². The average Bonchev–Trinajstić information content (AvgIpc) is 2.25. The summed E-state index contributed by atoms with van der Waals surface area (Å²) in [6.45, 7) is -5.28. The van der Waals surface area contributed by atoms with Crippen LogP contribution in [0.2, 0.25) is 0 Å². The van der Waals surface area contributed by atoms with Crippen molar-refractivity contribution in [3.05, 3.63) is 0 Å². The lowest BCUT2D eigenvalue weighted by molar-refractivity contribution is -0.125. The molecule has 0 radical (unpaired) electrons. The van der Waals surface area contributed by atoms with Gasteiger partial charge in [0.2, 0.25) is 0 Å². The maximum Gasteiger partial charge on any atom is 0.452 e. The molecular weight excluding hydrogens is 410 g/mol. The Morgan fingerprint density at radius 1 is 0.864 bits per heavy atom. The molecule has 0 rings (SSSR count). The number of hydrogen-bond donors (Lipinski definition) is 0. The second-order valence-electron chi connectivity index (χ2n) is 4.36. The van der Waals surface area contributed by atoms with Gasteiger partial charge >= 0.3 is 23.3 Å². The highest BCUT2D eigenvalue weighted by Gasteiger charge is 2.82. The first kappa shape index (κ1) is 22.5. The Labute approximate surface area is 135 Å². The molecule has 0 N–H and O–H groups in total. The average molecular weight is 421 g/mol. The summed E-state index contributed by atoms with van der Waals surface area (Å²) in [5, 5.41) is -10.1. The molecule has 0 amide bonds. The minimum Gasteiger partial charge on any atom is -0.200 e. The van der Waals surface area contributed by atoms with Crippen LogP contribution < -0.4 is 0 Å². The fraction of sp³-hybridized carbons (Fsp3) is 1.00. The molecule has 0 aromatic carbocycles. The minimum absolute atomic E-state index is 0.227. The third kappa shape index (κ3) is 5.00. The first-order valence-electron chi connectivity index (χ1n) is 5.80. The molecule has 13 heteroatoms. The molecule has 0 aliphatic heterocycles. The molecular formula is C9H11Cl2F9SSi. The third-order valence-corrected chi connectivity index (χ3v) is 8.19. The quantitative estimate of drug-likeness (QED) is 0.182. The largest absolute Gasteiger partial charge is 0.452 e. The molecule has 0 aliphatic carbocycles. The number of rotatable bonds is 8. The van der Waals surface area contributed by atoms with Gasteiger partial charge in [0.1, 0.15) is 0 Å². The fourth-order valence-electron chi connectivity index (χ4n) is 1.24. The predicted molar refractivity (Wildman–Crippen MR) is 70.1 cm³/mol. The molecule has 0 nitrogen and oxygen atoms in total. The van der Waals surface area contributed by atoms with Crippen molar-refractivity contribution < 1.29 is 39.5 Å². The molecule has 22 heavy (non-hydrogen) atoms. The second kappa shape index (κ2) is 7.18. The molecule has 0 fully saturated rings. The normalized spacial score (nSPS) is 15.3. The van der Waals surface area contributed by atoms with Gasteiger partial charge in [-0.25, -0.2) is 8.78 Å². The van der Waals surface area contributed by atoms with Crippen molar-refractivity contribution in [1.29, 1.82) is 0 Å². The maximum atomic E-state index is 13.4. The van der Waals surface area contributed by atoms with Gasteiger partial charge in [-0.3, -0.25) is 0 Å². The molecule has 0 saturated heterocycles. The van der Waals surface area contributed by atoms with Crippen molar-refractivity contribution in [3.8, 4) is 0 Å². The van der Waals surface area contributed by atoms with Crippen LogP contribution in [0, 0.1) is 0 Å². The van der Waals surface area contributed by atoms with Crippen molar-refractivity contribution in [2.24, 2.45) is 0 Å². The molecule has 0 aromatic rings. The Hall–Kier alpha value is 0.517. The Kier molecular flexibility index (Phi) is 7.35. The van der Waals surface area contributed by atoms with Gasteiger partial charge in [0, 0.05) is 6.42 Å². The minimum atomic E-state index is -6.90. The molecule has 0 aromatic heterocycles. The van der Waals surface area contributed by atoms with E-state index < -0.39 is 46.7 Å². The molecule has 134 valence electrons. The fourth-order valence-corrected chi connectivity index (χ4v) is 4.38. The number of alkyl halides is 9. The standard InChI is InChI=1S/C9H11Cl2F9SSi/c1-2-3-4-5-6(12,13)21-7(14,15)8(16,17)22(10,11)9(18,19)20/h2-5H2,1H3. The third-order valence-electron chi connectivity index (χ3n) is 2.46. The summed E-state index contributed by atoms with van der Waals surface area (Å²) in [5.41, 5.74) is -6.03. The summed E-state index contributed by atoms with van der Waals surface area (Å²) in [6, 6.07) is 0. The van der Waals surface area contributed by atoms with Crippen LogP contribution in [0.4, 0.5) is 39.5 Å². The maximum absolute atomic E-state index is 13.4. The predicted octanol–water partition coefficient (Wildman–Crippen LogP) is 6.68. The van der Waals surface area contributed by atoms with E-state index in [1.807, 2.05) is 0 Å². The van der Waals surface area contributed by atoms with E-state index in [0.29, 0.717) is 6.42 Å². The van der Waals surface area contributed by atoms with E-state index in [1.165, 1.54) is 0 Å². The summed E-state index contributed by atoms with van der Waals surface area (Å²) in [4.78, 5) is 0. The van der Waals surface area contributed by atoms with Crippen molar-refractivity contribution in [2.45, 2.75) is 54.5 Å². The van der Waals surface area contributed by atoms with Gasteiger partial charge in [0.15, 0.2) is 0 Å². The van der Waals surface area contributed by atoms with Gasteiger partial charge in [0.05, 0.1) is 0 Å². The van der Waals surface area contributed by atoms with Gasteiger partial charge in [-0.2, -0.15) is 30.7 Å². The van der Waals surface area contributed by atoms with Crippen LogP contribution in [0.25, 0.3) is 0 Å². The lowest BCUT2D eigenvalue weighted by Crippen LogP contribution is -2.63. The van der Waals surface area contributed by atoms with Gasteiger partial charge in [-0.05, 0) is 18.2 Å². The Morgan fingerprint density at radius 3 is 1.68 bits per heavy atom. The molecule has 0 spiro atoms. The van der Waals surface area contributed by atoms with Crippen LogP contribution in [0.3, 0.4) is 0 Å². The molecule has 0 unspecified atom stereocenters. The summed E-state index contributed by atoms with van der Waals surface area (Å²) in [5.74, 6) is -6.01. The van der Waals surface area contributed by atoms with E-state index in [4.69, 9.17) is 0 Å². The molecule has 0 heterocycles. The van der Waals surface area contributed by atoms with Crippen molar-refractivity contribution in [3.63, 3.8) is 0 Å². The van der Waals surface area contributed by atoms with Gasteiger partial charge in [-0.15, -0.1) is 22.2 Å². The van der Waals surface area contributed by atoms with Crippen molar-refractivity contribution in [2.75, 3.05) is 0 Å². The smallest absolute Gasteiger partial charge is 0.200 e. The van der Waals surface area contributed by atoms with E-state index in [9.17, 15) is 39.5 Å². The number of thioether (sulfide) groups is 1. The van der Waals surface area contributed by atoms with Crippen molar-refractivity contribution in [1.82, 2.24) is 0 Å². The molecule has 0 aliphatic rings. The van der Waals surface area contributed by atoms with Crippen LogP contribution >= 0.6 is 33.9 Å². The van der Waals surface area contributed by atoms with Crippen LogP contribution in [0.1, 0.15) is 32.6 Å². The first-order chi connectivity index (χ1) is 9.52. The van der Waals surface area contributed by atoms with Gasteiger partial charge in [0.25, 0.3) is 5.25 Å². The van der Waals surface area contributed by atoms with E-state index in [0.717, 1.165) is 0 Å². The topological polar surface area (TPSA) is 0 Å². The Bertz CT molecular complexity index is 373. The zero-order chi connectivity index (χ0) is 18.0. The summed E-state index contributed by atoms with van der Waals surface area (Å²) in [7, 11) is 0. The van der Waals surface area contributed by atoms with E-state index >= 15 is 0 Å². The number of unbranched alkanes of at least 4 members (excludes halogenated alkanes) is 2. The Morgan fingerprint density at radius 2 is 1.32 bits per heavy atom. The number of halogens is 11. The van der Waals surface area contributed by atoms with Gasteiger partial charge < -0.3 is 0 Å². The highest BCUT2D eigenvalue weighted by Crippen LogP contribution is 2.59. The Balaban J connectivity index is 5.28. The lowest BCUT2D eigenvalue weighted by atomic mass is 10.2. The summed E-state index contributed by atoms with van der Waals surface area (Å²) < 4.78 is 117. The monoisotopic (exact) mass is 420 g/mol. The molecule has 0 bridgehead atoms. The van der Waals surface area contributed by atoms with Crippen LogP contribution in [0.5, 0.6) is 0 Å². The highest BCUT2D eigenvalue weighted by atomic mass is 35.7. The van der Waals surface area contributed by atoms with E-state index in [1.54, 1.807) is 6.92 Å². The van der Waals surface area contributed by atoms with Gasteiger partial charge in [-0.1, -0.05) is 19.8 Å². The molecule has 0 saturated carbocycles. The van der Waals surface area contributed by atoms with Crippen LogP contribution in [0.15, 0.2) is 0 Å². The van der Waals surface area contributed by atoms with Crippen molar-refractivity contribution >= 4 is 40.6 Å². The van der Waals surface area contributed by atoms with E-state index in [2.05, 4.69) is 22.2 Å². The SMILES string of the molecule is CCCCCC(F)(F)SC(F)(F)C(F)(F)[Si](Cl)(Cl)C(F)(F)F.